The summed E-state index contributed by atoms with van der Waals surface area (Å²) in [5, 5.41) is 10.9. The standard InChI is InChI=1S/C19H26FN7O/c20-14-1-3-16(4-2-14)26-10-7-18(13-26)25-8-5-17(6-9-25)27-12-15(23-24-27)11-22-19(21)28/h1-4,12,17-18H,5-11,13H2,(H3,21,22,28). The van der Waals surface area contributed by atoms with Gasteiger partial charge >= 0.3 is 6.03 Å². The highest BCUT2D eigenvalue weighted by molar-refractivity contribution is 5.71. The maximum atomic E-state index is 13.1. The molecule has 2 saturated heterocycles. The molecule has 0 bridgehead atoms. The van der Waals surface area contributed by atoms with Crippen molar-refractivity contribution in [3.63, 3.8) is 0 Å². The van der Waals surface area contributed by atoms with E-state index in [-0.39, 0.29) is 5.82 Å². The van der Waals surface area contributed by atoms with E-state index in [1.165, 1.54) is 12.1 Å². The highest BCUT2D eigenvalue weighted by atomic mass is 19.1. The molecule has 1 aromatic heterocycles. The first-order valence-corrected chi connectivity index (χ1v) is 9.77. The number of primary amides is 1. The Hall–Kier alpha value is -2.68. The molecule has 0 radical (unpaired) electrons. The van der Waals surface area contributed by atoms with Gasteiger partial charge in [0.15, 0.2) is 0 Å². The predicted octanol–water partition coefficient (Wildman–Crippen LogP) is 1.50. The van der Waals surface area contributed by atoms with E-state index in [2.05, 4.69) is 25.4 Å². The number of urea groups is 1. The minimum Gasteiger partial charge on any atom is -0.370 e. The summed E-state index contributed by atoms with van der Waals surface area (Å²) >= 11 is 0. The minimum absolute atomic E-state index is 0.191. The molecule has 0 aliphatic carbocycles. The van der Waals surface area contributed by atoms with Gasteiger partial charge in [0.1, 0.15) is 11.5 Å². The van der Waals surface area contributed by atoms with Gasteiger partial charge in [-0.25, -0.2) is 13.9 Å². The zero-order valence-electron chi connectivity index (χ0n) is 15.8. The maximum absolute atomic E-state index is 13.1. The largest absolute Gasteiger partial charge is 0.370 e. The fourth-order valence-corrected chi connectivity index (χ4v) is 4.19. The predicted molar refractivity (Wildman–Crippen MR) is 103 cm³/mol. The van der Waals surface area contributed by atoms with Crippen molar-refractivity contribution in [1.82, 2.24) is 25.2 Å². The summed E-state index contributed by atoms with van der Waals surface area (Å²) in [4.78, 5) is 15.7. The number of hydrogen-bond acceptors (Lipinski definition) is 5. The number of amides is 2. The zero-order valence-corrected chi connectivity index (χ0v) is 15.8. The molecule has 1 atom stereocenters. The number of nitrogens with zero attached hydrogens (tertiary/aromatic N) is 5. The quantitative estimate of drug-likeness (QED) is 0.811. The first-order valence-electron chi connectivity index (χ1n) is 9.77. The monoisotopic (exact) mass is 387 g/mol. The molecule has 28 heavy (non-hydrogen) atoms. The third kappa shape index (κ3) is 4.24. The van der Waals surface area contributed by atoms with Crippen LogP contribution in [0.5, 0.6) is 0 Å². The van der Waals surface area contributed by atoms with Crippen LogP contribution < -0.4 is 16.0 Å². The van der Waals surface area contributed by atoms with Crippen molar-refractivity contribution in [3.8, 4) is 0 Å². The molecule has 1 aromatic carbocycles. The van der Waals surface area contributed by atoms with Gasteiger partial charge in [0.05, 0.1) is 18.8 Å². The number of rotatable bonds is 5. The molecule has 150 valence electrons. The van der Waals surface area contributed by atoms with Crippen LogP contribution in [0.3, 0.4) is 0 Å². The van der Waals surface area contributed by atoms with Crippen LogP contribution in [0.15, 0.2) is 30.5 Å². The van der Waals surface area contributed by atoms with E-state index in [1.807, 2.05) is 23.0 Å². The summed E-state index contributed by atoms with van der Waals surface area (Å²) in [6, 6.07) is 7.09. The number of carbonyl (C=O) groups is 1. The minimum atomic E-state index is -0.561. The molecule has 2 aliphatic rings. The summed E-state index contributed by atoms with van der Waals surface area (Å²) in [7, 11) is 0. The number of benzene rings is 1. The van der Waals surface area contributed by atoms with Crippen molar-refractivity contribution in [3.05, 3.63) is 42.0 Å². The van der Waals surface area contributed by atoms with E-state index in [0.717, 1.165) is 51.1 Å². The van der Waals surface area contributed by atoms with E-state index in [1.54, 1.807) is 0 Å². The van der Waals surface area contributed by atoms with Crippen LogP contribution in [0.1, 0.15) is 31.0 Å². The first kappa shape index (κ1) is 18.7. The summed E-state index contributed by atoms with van der Waals surface area (Å²) < 4.78 is 15.0. The van der Waals surface area contributed by atoms with Gasteiger partial charge in [-0.3, -0.25) is 4.90 Å². The lowest BCUT2D eigenvalue weighted by Gasteiger charge is -2.35. The van der Waals surface area contributed by atoms with Crippen molar-refractivity contribution in [1.29, 1.82) is 0 Å². The maximum Gasteiger partial charge on any atom is 0.312 e. The Kier molecular flexibility index (Phi) is 5.43. The molecule has 3 heterocycles. The number of hydrogen-bond donors (Lipinski definition) is 2. The SMILES string of the molecule is NC(=O)NCc1cn(C2CCN(C3CCN(c4ccc(F)cc4)C3)CC2)nn1. The van der Waals surface area contributed by atoms with Gasteiger partial charge in [-0.05, 0) is 43.5 Å². The van der Waals surface area contributed by atoms with E-state index in [4.69, 9.17) is 5.73 Å². The second-order valence-electron chi connectivity index (χ2n) is 7.54. The van der Waals surface area contributed by atoms with Crippen molar-refractivity contribution < 1.29 is 9.18 Å². The molecule has 2 amide bonds. The average Bonchev–Trinajstić information content (AvgIpc) is 3.37. The number of piperidine rings is 1. The van der Waals surface area contributed by atoms with Gasteiger partial charge < -0.3 is 16.0 Å². The van der Waals surface area contributed by atoms with Gasteiger partial charge in [-0.1, -0.05) is 5.21 Å². The highest BCUT2D eigenvalue weighted by Gasteiger charge is 2.31. The van der Waals surface area contributed by atoms with Crippen LogP contribution >= 0.6 is 0 Å². The molecule has 2 aromatic rings. The van der Waals surface area contributed by atoms with Crippen LogP contribution in [0.25, 0.3) is 0 Å². The van der Waals surface area contributed by atoms with Gasteiger partial charge in [0.25, 0.3) is 0 Å². The van der Waals surface area contributed by atoms with E-state index >= 15 is 0 Å². The van der Waals surface area contributed by atoms with Crippen molar-refractivity contribution >= 4 is 11.7 Å². The lowest BCUT2D eigenvalue weighted by molar-refractivity contribution is 0.138. The number of anilines is 1. The average molecular weight is 387 g/mol. The lowest BCUT2D eigenvalue weighted by Crippen LogP contribution is -2.43. The summed E-state index contributed by atoms with van der Waals surface area (Å²) in [6.45, 7) is 4.36. The molecular weight excluding hydrogens is 361 g/mol. The van der Waals surface area contributed by atoms with Gasteiger partial charge in [0.2, 0.25) is 0 Å². The number of carbonyl (C=O) groups excluding carboxylic acids is 1. The topological polar surface area (TPSA) is 92.3 Å². The number of aromatic nitrogens is 3. The first-order chi connectivity index (χ1) is 13.6. The Labute approximate surface area is 163 Å². The molecule has 4 rings (SSSR count). The second kappa shape index (κ2) is 8.14. The van der Waals surface area contributed by atoms with E-state index in [9.17, 15) is 9.18 Å². The van der Waals surface area contributed by atoms with Crippen LogP contribution in [-0.2, 0) is 6.54 Å². The van der Waals surface area contributed by atoms with Gasteiger partial charge in [0, 0.05) is 37.9 Å². The fourth-order valence-electron chi connectivity index (χ4n) is 4.19. The number of likely N-dealkylation sites (tertiary alicyclic amines) is 1. The molecule has 2 fully saturated rings. The molecule has 3 N–H and O–H groups in total. The Morgan fingerprint density at radius 1 is 1.14 bits per heavy atom. The third-order valence-electron chi connectivity index (χ3n) is 5.75. The molecule has 9 heteroatoms. The van der Waals surface area contributed by atoms with Crippen molar-refractivity contribution in [2.45, 2.75) is 37.9 Å². The van der Waals surface area contributed by atoms with E-state index in [0.29, 0.717) is 24.3 Å². The molecule has 0 saturated carbocycles. The summed E-state index contributed by atoms with van der Waals surface area (Å²) in [5.41, 5.74) is 6.90. The smallest absolute Gasteiger partial charge is 0.312 e. The Balaban J connectivity index is 1.27. The second-order valence-corrected chi connectivity index (χ2v) is 7.54. The molecule has 1 unspecified atom stereocenters. The molecule has 0 spiro atoms. The van der Waals surface area contributed by atoms with Gasteiger partial charge in [-0.15, -0.1) is 5.10 Å². The number of nitrogens with two attached hydrogens (primary N) is 1. The third-order valence-corrected chi connectivity index (χ3v) is 5.75. The molecule has 8 nitrogen and oxygen atoms in total. The van der Waals surface area contributed by atoms with Crippen molar-refractivity contribution in [2.75, 3.05) is 31.1 Å². The normalized spacial score (nSPS) is 21.2. The Morgan fingerprint density at radius 3 is 2.57 bits per heavy atom. The molecule has 2 aliphatic heterocycles. The van der Waals surface area contributed by atoms with Crippen LogP contribution in [0.4, 0.5) is 14.9 Å². The fraction of sp³-hybridized carbons (Fsp3) is 0.526. The number of halogens is 1. The number of nitrogens with one attached hydrogen (secondary N) is 1. The van der Waals surface area contributed by atoms with E-state index < -0.39 is 6.03 Å². The van der Waals surface area contributed by atoms with Crippen LogP contribution in [0, 0.1) is 5.82 Å². The Morgan fingerprint density at radius 2 is 1.86 bits per heavy atom. The van der Waals surface area contributed by atoms with Crippen LogP contribution in [-0.4, -0.2) is 58.1 Å². The zero-order chi connectivity index (χ0) is 19.5. The van der Waals surface area contributed by atoms with Crippen LogP contribution in [0.2, 0.25) is 0 Å². The van der Waals surface area contributed by atoms with Crippen molar-refractivity contribution in [2.24, 2.45) is 5.73 Å². The lowest BCUT2D eigenvalue weighted by atomic mass is 10.0. The Bertz CT molecular complexity index is 801. The highest BCUT2D eigenvalue weighted by Crippen LogP contribution is 2.28. The summed E-state index contributed by atoms with van der Waals surface area (Å²) in [5.74, 6) is -0.191. The molecular formula is C19H26FN7O. The summed E-state index contributed by atoms with van der Waals surface area (Å²) in [6.07, 6.45) is 5.08. The van der Waals surface area contributed by atoms with Gasteiger partial charge in [-0.2, -0.15) is 0 Å².